The lowest BCUT2D eigenvalue weighted by Crippen LogP contribution is -2.30. The molecule has 1 heterocycles. The number of halogens is 2. The zero-order valence-electron chi connectivity index (χ0n) is 13.5. The Hall–Kier alpha value is -2.32. The summed E-state index contributed by atoms with van der Waals surface area (Å²) < 4.78 is 19.3. The number of nitrogens with zero attached hydrogens (tertiary/aromatic N) is 1. The Kier molecular flexibility index (Phi) is 5.95. The molecule has 0 bridgehead atoms. The van der Waals surface area contributed by atoms with Crippen LogP contribution < -0.4 is 5.32 Å². The molecule has 0 radical (unpaired) electrons. The molecule has 1 aromatic heterocycles. The molecule has 3 rings (SSSR count). The second-order valence-corrected chi connectivity index (χ2v) is 7.35. The third kappa shape index (κ3) is 4.64. The second-order valence-electron chi connectivity index (χ2n) is 5.38. The highest BCUT2D eigenvalue weighted by Crippen LogP contribution is 2.21. The summed E-state index contributed by atoms with van der Waals surface area (Å²) in [4.78, 5) is 28.2. The second kappa shape index (κ2) is 8.37. The number of amides is 1. The number of para-hydroxylation sites is 1. The summed E-state index contributed by atoms with van der Waals surface area (Å²) in [5, 5.41) is 3.61. The Morgan fingerprint density at radius 1 is 1.23 bits per heavy atom. The van der Waals surface area contributed by atoms with Crippen LogP contribution in [0, 0.1) is 5.82 Å². The largest absolute Gasteiger partial charge is 0.452 e. The first-order valence-corrected chi connectivity index (χ1v) is 9.37. The van der Waals surface area contributed by atoms with E-state index in [1.807, 2.05) is 24.3 Å². The van der Waals surface area contributed by atoms with Crippen LogP contribution in [0.2, 0.25) is 0 Å². The topological polar surface area (TPSA) is 68.3 Å². The molecule has 0 saturated carbocycles. The number of ether oxygens (including phenoxy) is 1. The first kappa shape index (κ1) is 18.5. The fraction of sp³-hybridized carbons (Fsp3) is 0.167. The van der Waals surface area contributed by atoms with E-state index in [0.29, 0.717) is 13.0 Å². The van der Waals surface area contributed by atoms with Gasteiger partial charge in [0.25, 0.3) is 5.91 Å². The zero-order valence-corrected chi connectivity index (χ0v) is 15.9. The number of hydrogen-bond donors (Lipinski definition) is 1. The maximum atomic E-state index is 13.0. The third-order valence-electron chi connectivity index (χ3n) is 3.48. The van der Waals surface area contributed by atoms with Crippen molar-refractivity contribution in [2.45, 2.75) is 6.42 Å². The van der Waals surface area contributed by atoms with Crippen LogP contribution >= 0.6 is 27.3 Å². The normalized spacial score (nSPS) is 10.7. The molecule has 134 valence electrons. The van der Waals surface area contributed by atoms with E-state index in [0.717, 1.165) is 27.4 Å². The monoisotopic (exact) mass is 436 g/mol. The van der Waals surface area contributed by atoms with Crippen LogP contribution in [0.4, 0.5) is 4.39 Å². The average Bonchev–Trinajstić information content (AvgIpc) is 3.02. The van der Waals surface area contributed by atoms with Gasteiger partial charge in [0.2, 0.25) is 0 Å². The fourth-order valence-corrected chi connectivity index (χ4v) is 3.73. The van der Waals surface area contributed by atoms with E-state index >= 15 is 0 Å². The van der Waals surface area contributed by atoms with Crippen molar-refractivity contribution in [3.8, 4) is 0 Å². The van der Waals surface area contributed by atoms with Gasteiger partial charge in [-0.05, 0) is 46.3 Å². The SMILES string of the molecule is O=C(COC(=O)c1ccc(F)cc1Br)NCCc1nc2ccccc2s1. The van der Waals surface area contributed by atoms with Crippen LogP contribution in [0.3, 0.4) is 0 Å². The van der Waals surface area contributed by atoms with Gasteiger partial charge < -0.3 is 10.1 Å². The van der Waals surface area contributed by atoms with Crippen molar-refractivity contribution in [3.05, 3.63) is 63.3 Å². The van der Waals surface area contributed by atoms with Crippen molar-refractivity contribution in [1.29, 1.82) is 0 Å². The lowest BCUT2D eigenvalue weighted by molar-refractivity contribution is -0.124. The maximum absolute atomic E-state index is 13.0. The lowest BCUT2D eigenvalue weighted by atomic mass is 10.2. The number of hydrogen-bond acceptors (Lipinski definition) is 5. The van der Waals surface area contributed by atoms with Gasteiger partial charge in [-0.15, -0.1) is 11.3 Å². The molecule has 0 spiro atoms. The van der Waals surface area contributed by atoms with E-state index in [2.05, 4.69) is 26.2 Å². The highest BCUT2D eigenvalue weighted by atomic mass is 79.9. The molecule has 3 aromatic rings. The van der Waals surface area contributed by atoms with Crippen LogP contribution in [0.1, 0.15) is 15.4 Å². The minimum atomic E-state index is -0.696. The van der Waals surface area contributed by atoms with Gasteiger partial charge in [-0.2, -0.15) is 0 Å². The van der Waals surface area contributed by atoms with Crippen LogP contribution in [-0.4, -0.2) is 30.0 Å². The zero-order chi connectivity index (χ0) is 18.5. The number of carbonyl (C=O) groups excluding carboxylic acids is 2. The van der Waals surface area contributed by atoms with Gasteiger partial charge in [-0.3, -0.25) is 4.79 Å². The molecule has 0 fully saturated rings. The van der Waals surface area contributed by atoms with Gasteiger partial charge >= 0.3 is 5.97 Å². The quantitative estimate of drug-likeness (QED) is 0.597. The molecule has 2 aromatic carbocycles. The Bertz CT molecular complexity index is 928. The van der Waals surface area contributed by atoms with Gasteiger partial charge in [-0.1, -0.05) is 12.1 Å². The molecule has 1 N–H and O–H groups in total. The van der Waals surface area contributed by atoms with E-state index in [-0.39, 0.29) is 10.0 Å². The van der Waals surface area contributed by atoms with Crippen LogP contribution in [0.25, 0.3) is 10.2 Å². The number of esters is 1. The van der Waals surface area contributed by atoms with Crippen LogP contribution in [0.15, 0.2) is 46.9 Å². The van der Waals surface area contributed by atoms with Gasteiger partial charge in [0.15, 0.2) is 6.61 Å². The Morgan fingerprint density at radius 2 is 2.04 bits per heavy atom. The standard InChI is InChI=1S/C18H14BrFN2O3S/c19-13-9-11(20)5-6-12(13)18(24)25-10-16(23)21-8-7-17-22-14-3-1-2-4-15(14)26-17/h1-6,9H,7-8,10H2,(H,21,23). The van der Waals surface area contributed by atoms with Gasteiger partial charge in [-0.25, -0.2) is 14.2 Å². The molecule has 0 aliphatic rings. The van der Waals surface area contributed by atoms with E-state index in [9.17, 15) is 14.0 Å². The summed E-state index contributed by atoms with van der Waals surface area (Å²) in [6.07, 6.45) is 0.600. The molecule has 0 unspecified atom stereocenters. The molecule has 8 heteroatoms. The first-order valence-electron chi connectivity index (χ1n) is 7.76. The molecule has 0 aliphatic carbocycles. The number of thiazole rings is 1. The number of carbonyl (C=O) groups is 2. The molecule has 1 amide bonds. The van der Waals surface area contributed by atoms with Crippen molar-refractivity contribution < 1.29 is 18.7 Å². The van der Waals surface area contributed by atoms with Crippen LogP contribution in [0.5, 0.6) is 0 Å². The highest BCUT2D eigenvalue weighted by molar-refractivity contribution is 9.10. The number of aromatic nitrogens is 1. The number of fused-ring (bicyclic) bond motifs is 1. The van der Waals surface area contributed by atoms with E-state index in [1.54, 1.807) is 11.3 Å². The van der Waals surface area contributed by atoms with E-state index in [4.69, 9.17) is 4.74 Å². The molecule has 0 aliphatic heterocycles. The Morgan fingerprint density at radius 3 is 2.81 bits per heavy atom. The molecular weight excluding hydrogens is 423 g/mol. The average molecular weight is 437 g/mol. The van der Waals surface area contributed by atoms with Crippen molar-refractivity contribution in [2.24, 2.45) is 0 Å². The molecule has 0 atom stereocenters. The summed E-state index contributed by atoms with van der Waals surface area (Å²) in [5.74, 6) is -1.57. The van der Waals surface area contributed by atoms with E-state index in [1.165, 1.54) is 6.07 Å². The Labute approximate surface area is 161 Å². The summed E-state index contributed by atoms with van der Waals surface area (Å²) in [6, 6.07) is 11.4. The number of benzene rings is 2. The molecule has 5 nitrogen and oxygen atoms in total. The summed E-state index contributed by atoms with van der Waals surface area (Å²) in [5.41, 5.74) is 1.10. The van der Waals surface area contributed by atoms with Crippen LogP contribution in [-0.2, 0) is 16.0 Å². The number of nitrogens with one attached hydrogen (secondary N) is 1. The highest BCUT2D eigenvalue weighted by Gasteiger charge is 2.14. The summed E-state index contributed by atoms with van der Waals surface area (Å²) in [6.45, 7) is -0.00105. The lowest BCUT2D eigenvalue weighted by Gasteiger charge is -2.07. The molecular formula is C18H14BrFN2O3S. The van der Waals surface area contributed by atoms with Crippen molar-refractivity contribution >= 4 is 49.4 Å². The fourth-order valence-electron chi connectivity index (χ4n) is 2.25. The first-order chi connectivity index (χ1) is 12.5. The summed E-state index contributed by atoms with van der Waals surface area (Å²) >= 11 is 4.67. The van der Waals surface area contributed by atoms with Gasteiger partial charge in [0.1, 0.15) is 5.82 Å². The predicted molar refractivity (Wildman–Crippen MR) is 101 cm³/mol. The predicted octanol–water partition coefficient (Wildman–Crippen LogP) is 3.71. The van der Waals surface area contributed by atoms with Gasteiger partial charge in [0.05, 0.1) is 20.8 Å². The minimum absolute atomic E-state index is 0.161. The van der Waals surface area contributed by atoms with Crippen molar-refractivity contribution in [1.82, 2.24) is 10.3 Å². The van der Waals surface area contributed by atoms with E-state index < -0.39 is 24.3 Å². The number of rotatable bonds is 6. The smallest absolute Gasteiger partial charge is 0.339 e. The van der Waals surface area contributed by atoms with Gasteiger partial charge in [0, 0.05) is 17.4 Å². The molecule has 0 saturated heterocycles. The van der Waals surface area contributed by atoms with Crippen molar-refractivity contribution in [3.63, 3.8) is 0 Å². The molecule has 26 heavy (non-hydrogen) atoms. The third-order valence-corrected chi connectivity index (χ3v) is 5.24. The Balaban J connectivity index is 1.44. The summed E-state index contributed by atoms with van der Waals surface area (Å²) in [7, 11) is 0. The minimum Gasteiger partial charge on any atom is -0.452 e. The van der Waals surface area contributed by atoms with Crippen molar-refractivity contribution in [2.75, 3.05) is 13.2 Å². The maximum Gasteiger partial charge on any atom is 0.339 e.